The molecular formula is C27H33NO3. The molecule has 0 unspecified atom stereocenters. The van der Waals surface area contributed by atoms with E-state index in [-0.39, 0.29) is 5.97 Å². The maximum absolute atomic E-state index is 11.6. The van der Waals surface area contributed by atoms with Gasteiger partial charge >= 0.3 is 5.97 Å². The minimum Gasteiger partial charge on any atom is -0.493 e. The molecule has 0 atom stereocenters. The summed E-state index contributed by atoms with van der Waals surface area (Å²) in [5, 5.41) is 1.24. The van der Waals surface area contributed by atoms with Gasteiger partial charge in [-0.3, -0.25) is 4.79 Å². The molecule has 0 spiro atoms. The van der Waals surface area contributed by atoms with Crippen molar-refractivity contribution in [1.29, 1.82) is 0 Å². The number of ether oxygens (including phenoxy) is 2. The van der Waals surface area contributed by atoms with E-state index in [2.05, 4.69) is 55.2 Å². The number of hydrogen-bond donors (Lipinski definition) is 1. The van der Waals surface area contributed by atoms with Crippen LogP contribution in [0.3, 0.4) is 0 Å². The number of fused-ring (bicyclic) bond motifs is 1. The average Bonchev–Trinajstić information content (AvgIpc) is 3.09. The van der Waals surface area contributed by atoms with Gasteiger partial charge in [0.2, 0.25) is 0 Å². The van der Waals surface area contributed by atoms with Crippen LogP contribution >= 0.6 is 0 Å². The number of hydrogen-bond acceptors (Lipinski definition) is 3. The number of H-pyrrole nitrogens is 1. The van der Waals surface area contributed by atoms with E-state index >= 15 is 0 Å². The molecule has 1 heterocycles. The number of aromatic amines is 1. The van der Waals surface area contributed by atoms with Crippen molar-refractivity contribution in [2.24, 2.45) is 5.92 Å². The zero-order valence-electron chi connectivity index (χ0n) is 18.9. The van der Waals surface area contributed by atoms with E-state index in [0.717, 1.165) is 34.6 Å². The zero-order valence-corrected chi connectivity index (χ0v) is 18.9. The first kappa shape index (κ1) is 21.5. The number of benzene rings is 2. The Morgan fingerprint density at radius 2 is 1.87 bits per heavy atom. The standard InChI is InChI=1S/C27H33NO3/c1-18-19(2)28-25-12-11-22(16-23(18)25)24-15-20(10-14-27(29)30-3)9-13-26(24)31-17-21-7-5-4-6-8-21/h9,11-13,15-16,21,28H,4-8,10,14,17H2,1-3H3. The maximum Gasteiger partial charge on any atom is 0.305 e. The molecule has 1 aliphatic carbocycles. The summed E-state index contributed by atoms with van der Waals surface area (Å²) in [6.07, 6.45) is 7.56. The Morgan fingerprint density at radius 3 is 2.65 bits per heavy atom. The average molecular weight is 420 g/mol. The number of carbonyl (C=O) groups excluding carboxylic acids is 1. The van der Waals surface area contributed by atoms with E-state index in [1.54, 1.807) is 0 Å². The molecule has 3 aromatic rings. The Hall–Kier alpha value is -2.75. The molecule has 164 valence electrons. The minimum atomic E-state index is -0.181. The first-order chi connectivity index (χ1) is 15.0. The summed E-state index contributed by atoms with van der Waals surface area (Å²) in [6.45, 7) is 5.05. The molecule has 0 amide bonds. The van der Waals surface area contributed by atoms with Crippen LogP contribution in [0, 0.1) is 19.8 Å². The van der Waals surface area contributed by atoms with Crippen LogP contribution < -0.4 is 4.74 Å². The molecule has 4 heteroatoms. The van der Waals surface area contributed by atoms with Crippen molar-refractivity contribution in [3.63, 3.8) is 0 Å². The van der Waals surface area contributed by atoms with Gasteiger partial charge < -0.3 is 14.5 Å². The molecule has 1 N–H and O–H groups in total. The highest BCUT2D eigenvalue weighted by atomic mass is 16.5. The summed E-state index contributed by atoms with van der Waals surface area (Å²) in [4.78, 5) is 15.1. The SMILES string of the molecule is COC(=O)CCc1ccc(OCC2CCCCC2)c(-c2ccc3[nH]c(C)c(C)c3c2)c1. The van der Waals surface area contributed by atoms with Crippen molar-refractivity contribution in [2.75, 3.05) is 13.7 Å². The van der Waals surface area contributed by atoms with Crippen LogP contribution in [-0.2, 0) is 16.0 Å². The van der Waals surface area contributed by atoms with Gasteiger partial charge in [0.1, 0.15) is 5.75 Å². The van der Waals surface area contributed by atoms with E-state index in [0.29, 0.717) is 18.8 Å². The van der Waals surface area contributed by atoms with Crippen molar-refractivity contribution in [3.8, 4) is 16.9 Å². The van der Waals surface area contributed by atoms with E-state index in [1.807, 2.05) is 0 Å². The van der Waals surface area contributed by atoms with E-state index in [1.165, 1.54) is 55.9 Å². The highest BCUT2D eigenvalue weighted by Crippen LogP contribution is 2.35. The van der Waals surface area contributed by atoms with Gasteiger partial charge in [0.15, 0.2) is 0 Å². The molecule has 0 bridgehead atoms. The van der Waals surface area contributed by atoms with Crippen LogP contribution in [0.2, 0.25) is 0 Å². The van der Waals surface area contributed by atoms with Crippen molar-refractivity contribution in [2.45, 2.75) is 58.8 Å². The Bertz CT molecular complexity index is 1060. The highest BCUT2D eigenvalue weighted by Gasteiger charge is 2.16. The lowest BCUT2D eigenvalue weighted by Gasteiger charge is -2.23. The van der Waals surface area contributed by atoms with Crippen LogP contribution in [-0.4, -0.2) is 24.7 Å². The van der Waals surface area contributed by atoms with Gasteiger partial charge in [-0.25, -0.2) is 0 Å². The monoisotopic (exact) mass is 419 g/mol. The van der Waals surface area contributed by atoms with Gasteiger partial charge in [-0.15, -0.1) is 0 Å². The summed E-state index contributed by atoms with van der Waals surface area (Å²) >= 11 is 0. The third-order valence-corrected chi connectivity index (χ3v) is 6.71. The van der Waals surface area contributed by atoms with Crippen molar-refractivity contribution >= 4 is 16.9 Å². The molecule has 1 aromatic heterocycles. The summed E-state index contributed by atoms with van der Waals surface area (Å²) < 4.78 is 11.2. The fourth-order valence-electron chi connectivity index (χ4n) is 4.62. The Kier molecular flexibility index (Phi) is 6.64. The largest absolute Gasteiger partial charge is 0.493 e. The van der Waals surface area contributed by atoms with E-state index < -0.39 is 0 Å². The number of aryl methyl sites for hydroxylation is 3. The second-order valence-electron chi connectivity index (χ2n) is 8.86. The smallest absolute Gasteiger partial charge is 0.305 e. The molecule has 31 heavy (non-hydrogen) atoms. The lowest BCUT2D eigenvalue weighted by Crippen LogP contribution is -2.15. The Morgan fingerprint density at radius 1 is 1.06 bits per heavy atom. The molecule has 4 rings (SSSR count). The predicted molar refractivity (Wildman–Crippen MR) is 126 cm³/mol. The fourth-order valence-corrected chi connectivity index (χ4v) is 4.62. The van der Waals surface area contributed by atoms with Crippen molar-refractivity contribution in [1.82, 2.24) is 4.98 Å². The summed E-state index contributed by atoms with van der Waals surface area (Å²) in [6, 6.07) is 12.9. The third-order valence-electron chi connectivity index (χ3n) is 6.71. The molecule has 0 radical (unpaired) electrons. The third kappa shape index (κ3) is 4.95. The molecular weight excluding hydrogens is 386 g/mol. The molecule has 4 nitrogen and oxygen atoms in total. The number of rotatable bonds is 7. The molecule has 1 saturated carbocycles. The van der Waals surface area contributed by atoms with Gasteiger partial charge in [-0.1, -0.05) is 31.4 Å². The summed E-state index contributed by atoms with van der Waals surface area (Å²) in [5.41, 5.74) is 7.00. The second kappa shape index (κ2) is 9.59. The lowest BCUT2D eigenvalue weighted by molar-refractivity contribution is -0.140. The van der Waals surface area contributed by atoms with Crippen LogP contribution in [0.5, 0.6) is 5.75 Å². The predicted octanol–water partition coefficient (Wildman–Crippen LogP) is 6.52. The second-order valence-corrected chi connectivity index (χ2v) is 8.86. The molecule has 0 saturated heterocycles. The van der Waals surface area contributed by atoms with Crippen molar-refractivity contribution < 1.29 is 14.3 Å². The number of esters is 1. The first-order valence-corrected chi connectivity index (χ1v) is 11.5. The molecule has 0 aliphatic heterocycles. The maximum atomic E-state index is 11.6. The molecule has 1 aliphatic rings. The topological polar surface area (TPSA) is 51.3 Å². The van der Waals surface area contributed by atoms with Gasteiger partial charge in [0.25, 0.3) is 0 Å². The van der Waals surface area contributed by atoms with Gasteiger partial charge in [0, 0.05) is 28.6 Å². The zero-order chi connectivity index (χ0) is 21.8. The Labute approximate surface area is 185 Å². The van der Waals surface area contributed by atoms with Crippen molar-refractivity contribution in [3.05, 3.63) is 53.2 Å². The van der Waals surface area contributed by atoms with E-state index in [9.17, 15) is 4.79 Å². The Balaban J connectivity index is 1.65. The highest BCUT2D eigenvalue weighted by molar-refractivity contribution is 5.89. The van der Waals surface area contributed by atoms with E-state index in [4.69, 9.17) is 9.47 Å². The van der Waals surface area contributed by atoms with Gasteiger partial charge in [-0.2, -0.15) is 0 Å². The lowest BCUT2D eigenvalue weighted by atomic mass is 9.90. The van der Waals surface area contributed by atoms with Crippen LogP contribution in [0.4, 0.5) is 0 Å². The van der Waals surface area contributed by atoms with Crippen LogP contribution in [0.1, 0.15) is 55.3 Å². The minimum absolute atomic E-state index is 0.181. The van der Waals surface area contributed by atoms with Crippen LogP contribution in [0.25, 0.3) is 22.0 Å². The quantitative estimate of drug-likeness (QED) is 0.444. The normalized spacial score (nSPS) is 14.7. The van der Waals surface area contributed by atoms with Gasteiger partial charge in [0.05, 0.1) is 13.7 Å². The van der Waals surface area contributed by atoms with Crippen LogP contribution in [0.15, 0.2) is 36.4 Å². The number of carbonyl (C=O) groups is 1. The summed E-state index contributed by atoms with van der Waals surface area (Å²) in [7, 11) is 1.44. The molecule has 2 aromatic carbocycles. The summed E-state index contributed by atoms with van der Waals surface area (Å²) in [5.74, 6) is 1.40. The number of methoxy groups -OCH3 is 1. The number of nitrogens with one attached hydrogen (secondary N) is 1. The number of aromatic nitrogens is 1. The first-order valence-electron chi connectivity index (χ1n) is 11.5. The fraction of sp³-hybridized carbons (Fsp3) is 0.444. The molecule has 1 fully saturated rings. The van der Waals surface area contributed by atoms with Gasteiger partial charge in [-0.05, 0) is 80.0 Å².